The van der Waals surface area contributed by atoms with Gasteiger partial charge in [-0.15, -0.1) is 0 Å². The molecule has 4 nitrogen and oxygen atoms in total. The summed E-state index contributed by atoms with van der Waals surface area (Å²) in [5.74, 6) is 1.41. The second kappa shape index (κ2) is 6.38. The summed E-state index contributed by atoms with van der Waals surface area (Å²) in [6.45, 7) is 0.765. The molecule has 0 aliphatic heterocycles. The van der Waals surface area contributed by atoms with E-state index in [2.05, 4.69) is 15.6 Å². The summed E-state index contributed by atoms with van der Waals surface area (Å²) < 4.78 is 0. The van der Waals surface area contributed by atoms with Gasteiger partial charge in [0.15, 0.2) is 0 Å². The Kier molecular flexibility index (Phi) is 4.56. The monoisotopic (exact) mass is 247 g/mol. The summed E-state index contributed by atoms with van der Waals surface area (Å²) in [6.07, 6.45) is 8.13. The molecule has 18 heavy (non-hydrogen) atoms. The van der Waals surface area contributed by atoms with E-state index < -0.39 is 0 Å². The van der Waals surface area contributed by atoms with Crippen LogP contribution in [0.15, 0.2) is 18.3 Å². The molecular weight excluding hydrogens is 226 g/mol. The molecule has 98 valence electrons. The molecule has 0 atom stereocenters. The highest BCUT2D eigenvalue weighted by molar-refractivity contribution is 5.98. The fraction of sp³-hybridized carbons (Fsp3) is 0.571. The summed E-state index contributed by atoms with van der Waals surface area (Å²) in [6, 6.07) is 3.58. The van der Waals surface area contributed by atoms with Gasteiger partial charge in [0.1, 0.15) is 5.82 Å². The van der Waals surface area contributed by atoms with Crippen LogP contribution < -0.4 is 10.6 Å². The van der Waals surface area contributed by atoms with E-state index in [0.29, 0.717) is 11.4 Å². The molecule has 1 fully saturated rings. The molecule has 0 spiro atoms. The van der Waals surface area contributed by atoms with Crippen molar-refractivity contribution in [3.63, 3.8) is 0 Å². The number of nitrogens with zero attached hydrogens (tertiary/aromatic N) is 1. The molecule has 2 rings (SSSR count). The third-order valence-electron chi connectivity index (χ3n) is 3.60. The number of carbonyl (C=O) groups excluding carboxylic acids is 1. The minimum Gasteiger partial charge on any atom is -0.372 e. The van der Waals surface area contributed by atoms with Gasteiger partial charge < -0.3 is 10.6 Å². The molecule has 1 aromatic rings. The molecule has 4 heteroatoms. The van der Waals surface area contributed by atoms with E-state index in [1.165, 1.54) is 25.7 Å². The Morgan fingerprint density at radius 3 is 2.94 bits per heavy atom. The van der Waals surface area contributed by atoms with Gasteiger partial charge >= 0.3 is 0 Å². The van der Waals surface area contributed by atoms with Gasteiger partial charge in [-0.25, -0.2) is 4.98 Å². The first-order chi connectivity index (χ1) is 8.81. The third-order valence-corrected chi connectivity index (χ3v) is 3.60. The van der Waals surface area contributed by atoms with Crippen LogP contribution in [-0.2, 0) is 0 Å². The van der Waals surface area contributed by atoms with Crippen molar-refractivity contribution < 1.29 is 4.79 Å². The zero-order valence-corrected chi connectivity index (χ0v) is 10.9. The van der Waals surface area contributed by atoms with E-state index in [9.17, 15) is 4.79 Å². The molecule has 2 N–H and O–H groups in total. The van der Waals surface area contributed by atoms with Gasteiger partial charge in [-0.2, -0.15) is 0 Å². The number of pyridine rings is 1. The molecule has 0 radical (unpaired) electrons. The number of nitrogens with one attached hydrogen (secondary N) is 2. The maximum Gasteiger partial charge on any atom is 0.255 e. The first-order valence-electron chi connectivity index (χ1n) is 6.72. The maximum absolute atomic E-state index is 12.0. The van der Waals surface area contributed by atoms with Gasteiger partial charge in [-0.1, -0.05) is 25.7 Å². The predicted molar refractivity (Wildman–Crippen MR) is 72.7 cm³/mol. The molecule has 0 aromatic carbocycles. The van der Waals surface area contributed by atoms with Crippen molar-refractivity contribution in [2.45, 2.75) is 32.1 Å². The Bertz CT molecular complexity index is 400. The first-order valence-corrected chi connectivity index (χ1v) is 6.72. The van der Waals surface area contributed by atoms with Crippen LogP contribution in [0.1, 0.15) is 42.5 Å². The fourth-order valence-corrected chi connectivity index (χ4v) is 2.57. The van der Waals surface area contributed by atoms with Gasteiger partial charge in [0.2, 0.25) is 0 Å². The van der Waals surface area contributed by atoms with Gasteiger partial charge in [0.25, 0.3) is 5.91 Å². The summed E-state index contributed by atoms with van der Waals surface area (Å²) >= 11 is 0. The van der Waals surface area contributed by atoms with Crippen LogP contribution in [-0.4, -0.2) is 24.5 Å². The average Bonchev–Trinajstić information content (AvgIpc) is 2.91. The summed E-state index contributed by atoms with van der Waals surface area (Å²) in [5, 5.41) is 5.92. The average molecular weight is 247 g/mol. The molecule has 0 bridgehead atoms. The number of hydrogen-bond acceptors (Lipinski definition) is 3. The lowest BCUT2D eigenvalue weighted by atomic mass is 10.0. The fourth-order valence-electron chi connectivity index (χ4n) is 2.57. The lowest BCUT2D eigenvalue weighted by Crippen LogP contribution is -2.26. The van der Waals surface area contributed by atoms with Crippen molar-refractivity contribution in [3.05, 3.63) is 23.9 Å². The number of amides is 1. The lowest BCUT2D eigenvalue weighted by molar-refractivity contribution is 0.0952. The van der Waals surface area contributed by atoms with Crippen molar-refractivity contribution >= 4 is 11.7 Å². The van der Waals surface area contributed by atoms with Gasteiger partial charge in [-0.05, 0) is 24.5 Å². The molecule has 1 aliphatic carbocycles. The Morgan fingerprint density at radius 1 is 1.44 bits per heavy atom. The minimum atomic E-state index is -0.0366. The van der Waals surface area contributed by atoms with Gasteiger partial charge in [0, 0.05) is 19.8 Å². The SMILES string of the molecule is CNc1ncccc1C(=O)NCCC1CCCC1. The van der Waals surface area contributed by atoms with Crippen LogP contribution in [0.4, 0.5) is 5.82 Å². The largest absolute Gasteiger partial charge is 0.372 e. The van der Waals surface area contributed by atoms with Crippen molar-refractivity contribution in [3.8, 4) is 0 Å². The van der Waals surface area contributed by atoms with E-state index >= 15 is 0 Å². The molecule has 1 aliphatic rings. The Hall–Kier alpha value is -1.58. The first kappa shape index (κ1) is 12.9. The van der Waals surface area contributed by atoms with Crippen LogP contribution in [0.3, 0.4) is 0 Å². The van der Waals surface area contributed by atoms with Gasteiger partial charge in [-0.3, -0.25) is 4.79 Å². The smallest absolute Gasteiger partial charge is 0.255 e. The standard InChI is InChI=1S/C14H21N3O/c1-15-13-12(7-4-9-16-13)14(18)17-10-8-11-5-2-3-6-11/h4,7,9,11H,2-3,5-6,8,10H2,1H3,(H,15,16)(H,17,18). The second-order valence-electron chi connectivity index (χ2n) is 4.84. The Labute approximate surface area is 108 Å². The zero-order valence-electron chi connectivity index (χ0n) is 10.9. The number of hydrogen-bond donors (Lipinski definition) is 2. The van der Waals surface area contributed by atoms with Crippen molar-refractivity contribution in [1.82, 2.24) is 10.3 Å². The Morgan fingerprint density at radius 2 is 2.22 bits per heavy atom. The molecule has 1 amide bonds. The van der Waals surface area contributed by atoms with Gasteiger partial charge in [0.05, 0.1) is 5.56 Å². The Balaban J connectivity index is 1.83. The van der Waals surface area contributed by atoms with E-state index in [1.54, 1.807) is 25.4 Å². The number of carbonyl (C=O) groups is 1. The highest BCUT2D eigenvalue weighted by Crippen LogP contribution is 2.26. The quantitative estimate of drug-likeness (QED) is 0.840. The predicted octanol–water partition coefficient (Wildman–Crippen LogP) is 2.43. The van der Waals surface area contributed by atoms with Crippen LogP contribution >= 0.6 is 0 Å². The van der Waals surface area contributed by atoms with Crippen molar-refractivity contribution in [2.75, 3.05) is 18.9 Å². The van der Waals surface area contributed by atoms with Crippen LogP contribution in [0.25, 0.3) is 0 Å². The van der Waals surface area contributed by atoms with Crippen molar-refractivity contribution in [2.24, 2.45) is 5.92 Å². The number of aromatic nitrogens is 1. The lowest BCUT2D eigenvalue weighted by Gasteiger charge is -2.11. The van der Waals surface area contributed by atoms with Crippen LogP contribution in [0.5, 0.6) is 0 Å². The molecule has 1 heterocycles. The van der Waals surface area contributed by atoms with E-state index in [0.717, 1.165) is 18.9 Å². The van der Waals surface area contributed by atoms with E-state index in [1.807, 2.05) is 0 Å². The molecule has 0 saturated heterocycles. The topological polar surface area (TPSA) is 54.0 Å². The molecular formula is C14H21N3O. The second-order valence-corrected chi connectivity index (χ2v) is 4.84. The summed E-state index contributed by atoms with van der Waals surface area (Å²) in [7, 11) is 1.78. The van der Waals surface area contributed by atoms with E-state index in [-0.39, 0.29) is 5.91 Å². The molecule has 1 saturated carbocycles. The maximum atomic E-state index is 12.0. The molecule has 1 aromatic heterocycles. The van der Waals surface area contributed by atoms with E-state index in [4.69, 9.17) is 0 Å². The highest BCUT2D eigenvalue weighted by atomic mass is 16.1. The zero-order chi connectivity index (χ0) is 12.8. The number of rotatable bonds is 5. The molecule has 0 unspecified atom stereocenters. The van der Waals surface area contributed by atoms with Crippen molar-refractivity contribution in [1.29, 1.82) is 0 Å². The summed E-state index contributed by atoms with van der Waals surface area (Å²) in [5.41, 5.74) is 0.617. The third kappa shape index (κ3) is 3.22. The highest BCUT2D eigenvalue weighted by Gasteiger charge is 2.15. The van der Waals surface area contributed by atoms with Crippen LogP contribution in [0, 0.1) is 5.92 Å². The summed E-state index contributed by atoms with van der Waals surface area (Å²) in [4.78, 5) is 16.1. The number of anilines is 1. The minimum absolute atomic E-state index is 0.0366. The normalized spacial score (nSPS) is 15.6. The van der Waals surface area contributed by atoms with Crippen LogP contribution in [0.2, 0.25) is 0 Å².